The molecule has 2 aromatic carbocycles. The van der Waals surface area contributed by atoms with Crippen molar-refractivity contribution in [3.05, 3.63) is 59.3 Å². The Bertz CT molecular complexity index is 1080. The number of carbonyl (C=O) groups is 2. The van der Waals surface area contributed by atoms with Gasteiger partial charge in [0, 0.05) is 48.2 Å². The van der Waals surface area contributed by atoms with Crippen LogP contribution in [0.3, 0.4) is 0 Å². The Balaban J connectivity index is 1.85. The topological polar surface area (TPSA) is 65.1 Å². The molecular formula is C27H31NO5. The van der Waals surface area contributed by atoms with E-state index in [4.69, 9.17) is 14.2 Å². The summed E-state index contributed by atoms with van der Waals surface area (Å²) in [5.41, 5.74) is 2.88. The van der Waals surface area contributed by atoms with Gasteiger partial charge in [0.15, 0.2) is 5.78 Å². The van der Waals surface area contributed by atoms with Crippen LogP contribution in [0.4, 0.5) is 5.69 Å². The summed E-state index contributed by atoms with van der Waals surface area (Å²) < 4.78 is 16.4. The highest BCUT2D eigenvalue weighted by molar-refractivity contribution is 6.08. The average molecular weight is 450 g/mol. The maximum atomic E-state index is 13.6. The molecule has 1 atom stereocenters. The van der Waals surface area contributed by atoms with E-state index in [-0.39, 0.29) is 29.4 Å². The van der Waals surface area contributed by atoms with Gasteiger partial charge in [0.1, 0.15) is 17.2 Å². The SMILES string of the molecule is CCOc1ccc(C2CC(=O)N(c3cc(OC)cc(OC)c3)C3=C2C(=O)CC(C)(C)C3)cc1. The number of nitrogens with zero attached hydrogens (tertiary/aromatic N) is 1. The second-order valence-electron chi connectivity index (χ2n) is 9.36. The van der Waals surface area contributed by atoms with Crippen LogP contribution >= 0.6 is 0 Å². The molecular weight excluding hydrogens is 418 g/mol. The van der Waals surface area contributed by atoms with Crippen LogP contribution in [-0.4, -0.2) is 32.5 Å². The molecule has 0 spiro atoms. The molecule has 2 aromatic rings. The van der Waals surface area contributed by atoms with Gasteiger partial charge in [-0.2, -0.15) is 0 Å². The first kappa shape index (κ1) is 22.9. The highest BCUT2D eigenvalue weighted by Gasteiger charge is 2.44. The van der Waals surface area contributed by atoms with Crippen molar-refractivity contribution in [2.45, 2.75) is 46.0 Å². The van der Waals surface area contributed by atoms with Gasteiger partial charge in [-0.3, -0.25) is 14.5 Å². The van der Waals surface area contributed by atoms with E-state index in [2.05, 4.69) is 13.8 Å². The quantitative estimate of drug-likeness (QED) is 0.601. The van der Waals surface area contributed by atoms with Crippen LogP contribution in [0.25, 0.3) is 0 Å². The van der Waals surface area contributed by atoms with Crippen molar-refractivity contribution in [2.24, 2.45) is 5.41 Å². The lowest BCUT2D eigenvalue weighted by Crippen LogP contribution is -2.43. The number of carbonyl (C=O) groups excluding carboxylic acids is 2. The summed E-state index contributed by atoms with van der Waals surface area (Å²) in [6, 6.07) is 13.1. The molecule has 0 N–H and O–H groups in total. The van der Waals surface area contributed by atoms with E-state index in [1.165, 1.54) is 0 Å². The van der Waals surface area contributed by atoms with E-state index in [0.29, 0.717) is 36.6 Å². The van der Waals surface area contributed by atoms with Crippen molar-refractivity contribution >= 4 is 17.4 Å². The first-order chi connectivity index (χ1) is 15.8. The molecule has 0 saturated carbocycles. The number of benzene rings is 2. The fourth-order valence-corrected chi connectivity index (χ4v) is 4.88. The van der Waals surface area contributed by atoms with Gasteiger partial charge in [-0.1, -0.05) is 26.0 Å². The first-order valence-corrected chi connectivity index (χ1v) is 11.3. The Labute approximate surface area is 195 Å². The van der Waals surface area contributed by atoms with Gasteiger partial charge in [-0.05, 0) is 36.5 Å². The molecule has 0 saturated heterocycles. The molecule has 1 aliphatic heterocycles. The predicted octanol–water partition coefficient (Wildman–Crippen LogP) is 5.27. The molecule has 33 heavy (non-hydrogen) atoms. The molecule has 1 aliphatic carbocycles. The van der Waals surface area contributed by atoms with Crippen molar-refractivity contribution in [1.82, 2.24) is 0 Å². The second-order valence-corrected chi connectivity index (χ2v) is 9.36. The van der Waals surface area contributed by atoms with Crippen LogP contribution in [0.1, 0.15) is 51.5 Å². The zero-order valence-electron chi connectivity index (χ0n) is 19.9. The zero-order chi connectivity index (χ0) is 23.8. The zero-order valence-corrected chi connectivity index (χ0v) is 19.9. The third-order valence-electron chi connectivity index (χ3n) is 6.33. The first-order valence-electron chi connectivity index (χ1n) is 11.3. The monoisotopic (exact) mass is 449 g/mol. The van der Waals surface area contributed by atoms with Crippen molar-refractivity contribution in [1.29, 1.82) is 0 Å². The number of ketones is 1. The summed E-state index contributed by atoms with van der Waals surface area (Å²) in [6.07, 6.45) is 1.31. The number of amides is 1. The number of methoxy groups -OCH3 is 2. The fraction of sp³-hybridized carbons (Fsp3) is 0.407. The fourth-order valence-electron chi connectivity index (χ4n) is 4.88. The Morgan fingerprint density at radius 2 is 1.58 bits per heavy atom. The van der Waals surface area contributed by atoms with Crippen molar-refractivity contribution in [3.8, 4) is 17.2 Å². The van der Waals surface area contributed by atoms with Gasteiger partial charge in [0.2, 0.25) is 5.91 Å². The lowest BCUT2D eigenvalue weighted by molar-refractivity contribution is -0.121. The van der Waals surface area contributed by atoms with E-state index in [1.807, 2.05) is 43.3 Å². The van der Waals surface area contributed by atoms with E-state index in [1.54, 1.807) is 25.2 Å². The third kappa shape index (κ3) is 4.47. The molecule has 174 valence electrons. The lowest BCUT2D eigenvalue weighted by Gasteiger charge is -2.43. The number of Topliss-reactive ketones (excluding diaryl/α,β-unsaturated/α-hetero) is 1. The lowest BCUT2D eigenvalue weighted by atomic mass is 9.69. The van der Waals surface area contributed by atoms with Crippen molar-refractivity contribution < 1.29 is 23.8 Å². The maximum absolute atomic E-state index is 13.6. The van der Waals surface area contributed by atoms with Crippen LogP contribution in [0, 0.1) is 5.41 Å². The maximum Gasteiger partial charge on any atom is 0.232 e. The second kappa shape index (κ2) is 8.93. The van der Waals surface area contributed by atoms with Gasteiger partial charge in [0.25, 0.3) is 0 Å². The summed E-state index contributed by atoms with van der Waals surface area (Å²) in [5.74, 6) is 1.75. The van der Waals surface area contributed by atoms with Crippen LogP contribution < -0.4 is 19.1 Å². The van der Waals surface area contributed by atoms with Crippen LogP contribution in [-0.2, 0) is 9.59 Å². The number of hydrogen-bond acceptors (Lipinski definition) is 5. The summed E-state index contributed by atoms with van der Waals surface area (Å²) in [4.78, 5) is 28.7. The van der Waals surface area contributed by atoms with E-state index in [9.17, 15) is 9.59 Å². The van der Waals surface area contributed by atoms with Gasteiger partial charge in [-0.25, -0.2) is 0 Å². The molecule has 1 unspecified atom stereocenters. The summed E-state index contributed by atoms with van der Waals surface area (Å²) in [6.45, 7) is 6.67. The van der Waals surface area contributed by atoms with Crippen LogP contribution in [0.15, 0.2) is 53.7 Å². The summed E-state index contributed by atoms with van der Waals surface area (Å²) in [7, 11) is 3.16. The summed E-state index contributed by atoms with van der Waals surface area (Å²) >= 11 is 0. The van der Waals surface area contributed by atoms with Crippen molar-refractivity contribution in [3.63, 3.8) is 0 Å². The normalized spacial score (nSPS) is 19.9. The molecule has 1 heterocycles. The number of allylic oxidation sites excluding steroid dienone is 2. The molecule has 0 bridgehead atoms. The van der Waals surface area contributed by atoms with Crippen LogP contribution in [0.5, 0.6) is 17.2 Å². The molecule has 6 heteroatoms. The average Bonchev–Trinajstić information content (AvgIpc) is 2.78. The van der Waals surface area contributed by atoms with E-state index in [0.717, 1.165) is 22.6 Å². The largest absolute Gasteiger partial charge is 0.497 e. The Morgan fingerprint density at radius 1 is 0.939 bits per heavy atom. The van der Waals surface area contributed by atoms with E-state index >= 15 is 0 Å². The summed E-state index contributed by atoms with van der Waals surface area (Å²) in [5, 5.41) is 0. The minimum atomic E-state index is -0.268. The molecule has 0 aromatic heterocycles. The highest BCUT2D eigenvalue weighted by atomic mass is 16.5. The van der Waals surface area contributed by atoms with Crippen molar-refractivity contribution in [2.75, 3.05) is 25.7 Å². The van der Waals surface area contributed by atoms with Gasteiger partial charge < -0.3 is 14.2 Å². The van der Waals surface area contributed by atoms with Gasteiger partial charge in [0.05, 0.1) is 26.5 Å². The Morgan fingerprint density at radius 3 is 2.15 bits per heavy atom. The van der Waals surface area contributed by atoms with Crippen LogP contribution in [0.2, 0.25) is 0 Å². The molecule has 1 amide bonds. The molecule has 2 aliphatic rings. The van der Waals surface area contributed by atoms with Gasteiger partial charge in [-0.15, -0.1) is 0 Å². The minimum absolute atomic E-state index is 0.0477. The third-order valence-corrected chi connectivity index (χ3v) is 6.33. The molecule has 4 rings (SSSR count). The Hall–Kier alpha value is -3.28. The standard InChI is InChI=1S/C27H31NO5/c1-6-33-19-9-7-17(8-10-19)22-14-25(30)28(18-11-20(31-4)13-21(12-18)32-5)23-15-27(2,3)16-24(29)26(22)23/h7-13,22H,6,14-16H2,1-5H3. The minimum Gasteiger partial charge on any atom is -0.497 e. The Kier molecular flexibility index (Phi) is 6.19. The number of rotatable bonds is 6. The predicted molar refractivity (Wildman–Crippen MR) is 127 cm³/mol. The van der Waals surface area contributed by atoms with E-state index < -0.39 is 0 Å². The molecule has 6 nitrogen and oxygen atoms in total. The number of ether oxygens (including phenoxy) is 3. The number of hydrogen-bond donors (Lipinski definition) is 0. The molecule has 0 radical (unpaired) electrons. The van der Waals surface area contributed by atoms with Gasteiger partial charge >= 0.3 is 0 Å². The smallest absolute Gasteiger partial charge is 0.232 e. The molecule has 0 fully saturated rings. The highest BCUT2D eigenvalue weighted by Crippen LogP contribution is 2.49. The number of anilines is 1.